The van der Waals surface area contributed by atoms with Crippen LogP contribution in [0.1, 0.15) is 17.5 Å². The van der Waals surface area contributed by atoms with Crippen LogP contribution in [0.3, 0.4) is 0 Å². The van der Waals surface area contributed by atoms with Crippen LogP contribution < -0.4 is 10.5 Å². The highest BCUT2D eigenvalue weighted by Crippen LogP contribution is 2.20. The van der Waals surface area contributed by atoms with Gasteiger partial charge in [0.05, 0.1) is 13.2 Å². The van der Waals surface area contributed by atoms with Crippen molar-refractivity contribution in [3.05, 3.63) is 65.7 Å². The molecule has 7 nitrogen and oxygen atoms in total. The van der Waals surface area contributed by atoms with Crippen molar-refractivity contribution >= 4 is 23.6 Å². The number of carbonyl (C=O) groups excluding carboxylic acids is 1. The number of anilines is 1. The molecule has 30 heavy (non-hydrogen) atoms. The minimum Gasteiger partial charge on any atom is -0.493 e. The smallest absolute Gasteiger partial charge is 0.323 e. The summed E-state index contributed by atoms with van der Waals surface area (Å²) in [7, 11) is 4.00. The van der Waals surface area contributed by atoms with Gasteiger partial charge in [-0.2, -0.15) is 0 Å². The van der Waals surface area contributed by atoms with Crippen LogP contribution in [0.25, 0.3) is 6.08 Å². The van der Waals surface area contributed by atoms with E-state index in [4.69, 9.17) is 10.5 Å². The van der Waals surface area contributed by atoms with Gasteiger partial charge in [0.15, 0.2) is 0 Å². The highest BCUT2D eigenvalue weighted by Gasteiger charge is 2.17. The Hall–Kier alpha value is -3.32. The largest absolute Gasteiger partial charge is 0.493 e. The quantitative estimate of drug-likeness (QED) is 0.335. The van der Waals surface area contributed by atoms with Crippen LogP contribution in [0, 0.1) is 0 Å². The number of nitrogens with zero attached hydrogens (tertiary/aromatic N) is 2. The molecule has 0 heterocycles. The van der Waals surface area contributed by atoms with Crippen LogP contribution in [-0.2, 0) is 16.1 Å². The average molecular weight is 412 g/mol. The van der Waals surface area contributed by atoms with Crippen LogP contribution >= 0.6 is 0 Å². The van der Waals surface area contributed by atoms with E-state index in [0.29, 0.717) is 18.0 Å². The molecule has 0 saturated carbocycles. The molecule has 0 aromatic heterocycles. The lowest BCUT2D eigenvalue weighted by molar-refractivity contribution is -0.143. The number of ether oxygens (including phenoxy) is 1. The summed E-state index contributed by atoms with van der Waals surface area (Å²) in [6.07, 6.45) is 3.87. The Bertz CT molecular complexity index is 863. The van der Waals surface area contributed by atoms with Gasteiger partial charge in [-0.05, 0) is 50.4 Å². The zero-order chi connectivity index (χ0) is 21.9. The van der Waals surface area contributed by atoms with E-state index in [0.717, 1.165) is 24.1 Å². The first kappa shape index (κ1) is 23.0. The van der Waals surface area contributed by atoms with Crippen LogP contribution in [0.2, 0.25) is 0 Å². The van der Waals surface area contributed by atoms with E-state index in [9.17, 15) is 14.7 Å². The Balaban J connectivity index is 2.09. The summed E-state index contributed by atoms with van der Waals surface area (Å²) in [5.74, 6) is -0.813. The van der Waals surface area contributed by atoms with Gasteiger partial charge in [-0.1, -0.05) is 30.3 Å². The molecule has 2 aromatic carbocycles. The van der Waals surface area contributed by atoms with E-state index in [1.165, 1.54) is 11.0 Å². The molecule has 0 radical (unpaired) electrons. The topological polar surface area (TPSA) is 96.1 Å². The summed E-state index contributed by atoms with van der Waals surface area (Å²) < 4.78 is 5.87. The first-order chi connectivity index (χ1) is 14.3. The predicted molar refractivity (Wildman–Crippen MR) is 118 cm³/mol. The standard InChI is InChI=1S/C23H29N3O4/c1-25(2)14-5-15-30-21-7-4-3-6-19(21)16-26(17-23(28)29)22(27)13-10-18-8-11-20(24)12-9-18/h3-4,6-13H,5,14-17,24H2,1-2H3,(H,28,29). The van der Waals surface area contributed by atoms with Crippen LogP contribution in [0.15, 0.2) is 54.6 Å². The molecule has 0 bridgehead atoms. The van der Waals surface area contributed by atoms with Crippen LogP contribution in [0.4, 0.5) is 5.69 Å². The highest BCUT2D eigenvalue weighted by atomic mass is 16.5. The maximum atomic E-state index is 12.7. The van der Waals surface area contributed by atoms with Gasteiger partial charge < -0.3 is 25.4 Å². The Morgan fingerprint density at radius 3 is 2.47 bits per heavy atom. The van der Waals surface area contributed by atoms with E-state index in [1.54, 1.807) is 30.3 Å². The van der Waals surface area contributed by atoms with Crippen molar-refractivity contribution in [3.63, 3.8) is 0 Å². The second-order valence-corrected chi connectivity index (χ2v) is 7.20. The Morgan fingerprint density at radius 2 is 1.80 bits per heavy atom. The van der Waals surface area contributed by atoms with Crippen LogP contribution in [-0.4, -0.2) is 60.6 Å². The molecular formula is C23H29N3O4. The number of carboxylic acids is 1. The van der Waals surface area contributed by atoms with Gasteiger partial charge in [-0.3, -0.25) is 9.59 Å². The molecule has 7 heteroatoms. The lowest BCUT2D eigenvalue weighted by Gasteiger charge is -2.21. The lowest BCUT2D eigenvalue weighted by Crippen LogP contribution is -2.34. The highest BCUT2D eigenvalue weighted by molar-refractivity contribution is 5.93. The number of aliphatic carboxylic acids is 1. The zero-order valence-corrected chi connectivity index (χ0v) is 17.5. The maximum Gasteiger partial charge on any atom is 0.323 e. The number of nitrogens with two attached hydrogens (primary N) is 1. The van der Waals surface area contributed by atoms with Gasteiger partial charge >= 0.3 is 5.97 Å². The Kier molecular flexibility index (Phi) is 8.90. The molecule has 2 aromatic rings. The summed E-state index contributed by atoms with van der Waals surface area (Å²) in [4.78, 5) is 27.3. The van der Waals surface area contributed by atoms with Gasteiger partial charge in [0.1, 0.15) is 12.3 Å². The number of rotatable bonds is 11. The van der Waals surface area contributed by atoms with Gasteiger partial charge in [-0.15, -0.1) is 0 Å². The zero-order valence-electron chi connectivity index (χ0n) is 17.5. The number of carboxylic acid groups (broad SMARTS) is 1. The average Bonchev–Trinajstić information content (AvgIpc) is 2.70. The molecule has 0 spiro atoms. The maximum absolute atomic E-state index is 12.7. The molecule has 3 N–H and O–H groups in total. The normalized spacial score (nSPS) is 11.0. The SMILES string of the molecule is CN(C)CCCOc1ccccc1CN(CC(=O)O)C(=O)C=Cc1ccc(N)cc1. The fraction of sp³-hybridized carbons (Fsp3) is 0.304. The predicted octanol–water partition coefficient (Wildman–Crippen LogP) is 2.73. The molecule has 160 valence electrons. The molecule has 0 aliphatic rings. The van der Waals surface area contributed by atoms with Crippen LogP contribution in [0.5, 0.6) is 5.75 Å². The molecule has 1 amide bonds. The summed E-state index contributed by atoms with van der Waals surface area (Å²) >= 11 is 0. The molecule has 0 aliphatic heterocycles. The third-order valence-corrected chi connectivity index (χ3v) is 4.33. The number of benzene rings is 2. The fourth-order valence-electron chi connectivity index (χ4n) is 2.80. The number of hydrogen-bond acceptors (Lipinski definition) is 5. The summed E-state index contributed by atoms with van der Waals surface area (Å²) in [5, 5.41) is 9.25. The van der Waals surface area contributed by atoms with Crippen molar-refractivity contribution in [2.45, 2.75) is 13.0 Å². The second kappa shape index (κ2) is 11.6. The summed E-state index contributed by atoms with van der Waals surface area (Å²) in [6, 6.07) is 14.4. The Labute approximate surface area is 177 Å². The van der Waals surface area contributed by atoms with Crippen molar-refractivity contribution in [1.29, 1.82) is 0 Å². The molecular weight excluding hydrogens is 382 g/mol. The number of carbonyl (C=O) groups is 2. The number of para-hydroxylation sites is 1. The van der Waals surface area contributed by atoms with Gasteiger partial charge in [-0.25, -0.2) is 0 Å². The molecule has 0 unspecified atom stereocenters. The molecule has 0 saturated heterocycles. The number of amides is 1. The van der Waals surface area contributed by atoms with E-state index in [1.807, 2.05) is 38.4 Å². The number of nitrogen functional groups attached to an aromatic ring is 1. The van der Waals surface area contributed by atoms with E-state index in [2.05, 4.69) is 4.90 Å². The summed E-state index contributed by atoms with van der Waals surface area (Å²) in [6.45, 7) is 1.18. The molecule has 0 atom stereocenters. The summed E-state index contributed by atoms with van der Waals surface area (Å²) in [5.41, 5.74) is 7.86. The van der Waals surface area contributed by atoms with Crippen molar-refractivity contribution in [1.82, 2.24) is 9.80 Å². The van der Waals surface area contributed by atoms with Gasteiger partial charge in [0.25, 0.3) is 0 Å². The van der Waals surface area contributed by atoms with E-state index in [-0.39, 0.29) is 6.54 Å². The third kappa shape index (κ3) is 7.97. The third-order valence-electron chi connectivity index (χ3n) is 4.33. The second-order valence-electron chi connectivity index (χ2n) is 7.20. The van der Waals surface area contributed by atoms with Crippen molar-refractivity contribution < 1.29 is 19.4 Å². The monoisotopic (exact) mass is 411 g/mol. The van der Waals surface area contributed by atoms with E-state index >= 15 is 0 Å². The fourth-order valence-corrected chi connectivity index (χ4v) is 2.80. The molecule has 2 rings (SSSR count). The molecule has 0 aliphatic carbocycles. The van der Waals surface area contributed by atoms with Crippen molar-refractivity contribution in [2.24, 2.45) is 0 Å². The first-order valence-corrected chi connectivity index (χ1v) is 9.75. The molecule has 0 fully saturated rings. The minimum atomic E-state index is -1.08. The van der Waals surface area contributed by atoms with Gasteiger partial charge in [0.2, 0.25) is 5.91 Å². The number of hydrogen-bond donors (Lipinski definition) is 2. The first-order valence-electron chi connectivity index (χ1n) is 9.75. The Morgan fingerprint density at radius 1 is 1.10 bits per heavy atom. The van der Waals surface area contributed by atoms with Gasteiger partial charge in [0, 0.05) is 23.9 Å². The van der Waals surface area contributed by atoms with Crippen molar-refractivity contribution in [3.8, 4) is 5.75 Å². The minimum absolute atomic E-state index is 0.140. The van der Waals surface area contributed by atoms with E-state index < -0.39 is 18.4 Å². The lowest BCUT2D eigenvalue weighted by atomic mass is 10.1. The van der Waals surface area contributed by atoms with Crippen molar-refractivity contribution in [2.75, 3.05) is 39.5 Å².